The van der Waals surface area contributed by atoms with Gasteiger partial charge in [0.15, 0.2) is 5.13 Å². The number of anilines is 3. The third-order valence-electron chi connectivity index (χ3n) is 4.02. The van der Waals surface area contributed by atoms with Crippen LogP contribution in [0, 0.1) is 0 Å². The van der Waals surface area contributed by atoms with Crippen LogP contribution in [-0.4, -0.2) is 37.3 Å². The standard InChI is InChI=1S/C18H18N4O2S/c23-17(21-18-20-15-3-1-2-4-16(15)25-18)19-13-5-7-14(8-6-13)22-9-11-24-12-10-22/h1-8H,9-12H2,(H2,19,20,21,23). The van der Waals surface area contributed by atoms with Gasteiger partial charge < -0.3 is 15.0 Å². The number of carbonyl (C=O) groups is 1. The monoisotopic (exact) mass is 354 g/mol. The summed E-state index contributed by atoms with van der Waals surface area (Å²) in [6, 6.07) is 15.4. The first-order valence-electron chi connectivity index (χ1n) is 8.14. The number of aromatic nitrogens is 1. The Hall–Kier alpha value is -2.64. The minimum absolute atomic E-state index is 0.293. The summed E-state index contributed by atoms with van der Waals surface area (Å²) in [7, 11) is 0. The highest BCUT2D eigenvalue weighted by molar-refractivity contribution is 7.22. The normalized spacial score (nSPS) is 14.5. The molecule has 0 saturated carbocycles. The molecular weight excluding hydrogens is 336 g/mol. The predicted octanol–water partition coefficient (Wildman–Crippen LogP) is 3.78. The van der Waals surface area contributed by atoms with E-state index in [-0.39, 0.29) is 6.03 Å². The van der Waals surface area contributed by atoms with Gasteiger partial charge in [0.25, 0.3) is 0 Å². The molecule has 3 aromatic rings. The topological polar surface area (TPSA) is 66.5 Å². The van der Waals surface area contributed by atoms with Crippen molar-refractivity contribution >= 4 is 44.1 Å². The Labute approximate surface area is 149 Å². The summed E-state index contributed by atoms with van der Waals surface area (Å²) >= 11 is 1.46. The van der Waals surface area contributed by atoms with Crippen LogP contribution in [0.25, 0.3) is 10.2 Å². The molecule has 128 valence electrons. The minimum Gasteiger partial charge on any atom is -0.378 e. The number of ether oxygens (including phenoxy) is 1. The number of hydrogen-bond donors (Lipinski definition) is 2. The Morgan fingerprint density at radius 2 is 1.80 bits per heavy atom. The molecule has 1 aromatic heterocycles. The maximum atomic E-state index is 12.2. The van der Waals surface area contributed by atoms with E-state index in [1.807, 2.05) is 48.5 Å². The van der Waals surface area contributed by atoms with Gasteiger partial charge in [-0.1, -0.05) is 23.5 Å². The van der Waals surface area contributed by atoms with E-state index < -0.39 is 0 Å². The molecule has 1 aliphatic rings. The van der Waals surface area contributed by atoms with E-state index in [2.05, 4.69) is 20.5 Å². The lowest BCUT2D eigenvalue weighted by Crippen LogP contribution is -2.36. The molecule has 6 nitrogen and oxygen atoms in total. The number of urea groups is 1. The number of thiazole rings is 1. The Morgan fingerprint density at radius 1 is 1.04 bits per heavy atom. The molecule has 0 radical (unpaired) electrons. The van der Waals surface area contributed by atoms with Gasteiger partial charge in [-0.25, -0.2) is 9.78 Å². The first kappa shape index (κ1) is 15.9. The highest BCUT2D eigenvalue weighted by Crippen LogP contribution is 2.25. The molecule has 0 unspecified atom stereocenters. The van der Waals surface area contributed by atoms with Crippen LogP contribution in [-0.2, 0) is 4.74 Å². The maximum absolute atomic E-state index is 12.2. The number of carbonyl (C=O) groups excluding carboxylic acids is 1. The van der Waals surface area contributed by atoms with Crippen molar-refractivity contribution in [1.82, 2.24) is 4.98 Å². The van der Waals surface area contributed by atoms with Gasteiger partial charge in [-0.2, -0.15) is 0 Å². The molecule has 7 heteroatoms. The van der Waals surface area contributed by atoms with Gasteiger partial charge in [0.2, 0.25) is 0 Å². The fourth-order valence-corrected chi connectivity index (χ4v) is 3.62. The van der Waals surface area contributed by atoms with E-state index in [1.54, 1.807) is 0 Å². The van der Waals surface area contributed by atoms with Crippen molar-refractivity contribution in [3.05, 3.63) is 48.5 Å². The van der Waals surface area contributed by atoms with Gasteiger partial charge in [-0.05, 0) is 36.4 Å². The van der Waals surface area contributed by atoms with Crippen molar-refractivity contribution in [1.29, 1.82) is 0 Å². The number of rotatable bonds is 3. The molecule has 2 heterocycles. The van der Waals surface area contributed by atoms with Crippen molar-refractivity contribution in [3.63, 3.8) is 0 Å². The summed E-state index contributed by atoms with van der Waals surface area (Å²) in [5.74, 6) is 0. The zero-order valence-corrected chi connectivity index (χ0v) is 14.4. The zero-order valence-electron chi connectivity index (χ0n) is 13.6. The minimum atomic E-state index is -0.293. The smallest absolute Gasteiger partial charge is 0.325 e. The third kappa shape index (κ3) is 3.72. The lowest BCUT2D eigenvalue weighted by atomic mass is 10.2. The largest absolute Gasteiger partial charge is 0.378 e. The van der Waals surface area contributed by atoms with Crippen LogP contribution < -0.4 is 15.5 Å². The van der Waals surface area contributed by atoms with Crippen LogP contribution in [0.15, 0.2) is 48.5 Å². The van der Waals surface area contributed by atoms with Crippen LogP contribution in [0.2, 0.25) is 0 Å². The Balaban J connectivity index is 1.38. The van der Waals surface area contributed by atoms with Crippen LogP contribution in [0.1, 0.15) is 0 Å². The summed E-state index contributed by atoms with van der Waals surface area (Å²) < 4.78 is 6.41. The molecule has 1 fully saturated rings. The molecule has 1 saturated heterocycles. The summed E-state index contributed by atoms with van der Waals surface area (Å²) in [5, 5.41) is 6.21. The number of morpholine rings is 1. The Bertz CT molecular complexity index is 839. The molecule has 0 atom stereocenters. The SMILES string of the molecule is O=C(Nc1ccc(N2CCOCC2)cc1)Nc1nc2ccccc2s1. The van der Waals surface area contributed by atoms with E-state index in [0.717, 1.165) is 47.9 Å². The predicted molar refractivity (Wildman–Crippen MR) is 102 cm³/mol. The van der Waals surface area contributed by atoms with E-state index in [9.17, 15) is 4.79 Å². The zero-order chi connectivity index (χ0) is 17.1. The highest BCUT2D eigenvalue weighted by Gasteiger charge is 2.11. The van der Waals surface area contributed by atoms with Gasteiger partial charge in [0.05, 0.1) is 23.4 Å². The second-order valence-corrected chi connectivity index (χ2v) is 6.74. The van der Waals surface area contributed by atoms with Gasteiger partial charge in [0, 0.05) is 24.5 Å². The van der Waals surface area contributed by atoms with Crippen LogP contribution in [0.5, 0.6) is 0 Å². The molecule has 0 bridgehead atoms. The Kier molecular flexibility index (Phi) is 4.49. The second-order valence-electron chi connectivity index (χ2n) is 5.71. The molecular formula is C18H18N4O2S. The van der Waals surface area contributed by atoms with Crippen molar-refractivity contribution < 1.29 is 9.53 Å². The van der Waals surface area contributed by atoms with E-state index >= 15 is 0 Å². The highest BCUT2D eigenvalue weighted by atomic mass is 32.1. The lowest BCUT2D eigenvalue weighted by molar-refractivity contribution is 0.122. The van der Waals surface area contributed by atoms with E-state index in [0.29, 0.717) is 5.13 Å². The first-order valence-corrected chi connectivity index (χ1v) is 8.96. The van der Waals surface area contributed by atoms with E-state index in [1.165, 1.54) is 11.3 Å². The number of nitrogens with one attached hydrogen (secondary N) is 2. The number of hydrogen-bond acceptors (Lipinski definition) is 5. The summed E-state index contributed by atoms with van der Waals surface area (Å²) in [5.41, 5.74) is 2.77. The molecule has 0 aliphatic carbocycles. The number of benzene rings is 2. The molecule has 0 spiro atoms. The maximum Gasteiger partial charge on any atom is 0.325 e. The summed E-state index contributed by atoms with van der Waals surface area (Å²) in [6.45, 7) is 3.30. The van der Waals surface area contributed by atoms with Crippen molar-refractivity contribution in [2.24, 2.45) is 0 Å². The van der Waals surface area contributed by atoms with Crippen LogP contribution in [0.4, 0.5) is 21.3 Å². The van der Waals surface area contributed by atoms with Gasteiger partial charge in [-0.3, -0.25) is 5.32 Å². The number of nitrogens with zero attached hydrogens (tertiary/aromatic N) is 2. The Morgan fingerprint density at radius 3 is 2.56 bits per heavy atom. The van der Waals surface area contributed by atoms with Crippen LogP contribution >= 0.6 is 11.3 Å². The van der Waals surface area contributed by atoms with Gasteiger partial charge >= 0.3 is 6.03 Å². The van der Waals surface area contributed by atoms with Gasteiger partial charge in [-0.15, -0.1) is 0 Å². The number of fused-ring (bicyclic) bond motifs is 1. The average Bonchev–Trinajstić information content (AvgIpc) is 3.05. The number of amides is 2. The third-order valence-corrected chi connectivity index (χ3v) is 4.97. The molecule has 1 aliphatic heterocycles. The molecule has 4 rings (SSSR count). The van der Waals surface area contributed by atoms with E-state index in [4.69, 9.17) is 4.74 Å². The fraction of sp³-hybridized carbons (Fsp3) is 0.222. The summed E-state index contributed by atoms with van der Waals surface area (Å²) in [4.78, 5) is 18.8. The lowest BCUT2D eigenvalue weighted by Gasteiger charge is -2.28. The second kappa shape index (κ2) is 7.08. The average molecular weight is 354 g/mol. The molecule has 25 heavy (non-hydrogen) atoms. The quantitative estimate of drug-likeness (QED) is 0.751. The van der Waals surface area contributed by atoms with Crippen molar-refractivity contribution in [2.75, 3.05) is 41.8 Å². The fourth-order valence-electron chi connectivity index (χ4n) is 2.76. The molecule has 2 aromatic carbocycles. The first-order chi connectivity index (χ1) is 12.3. The van der Waals surface area contributed by atoms with Crippen molar-refractivity contribution in [3.8, 4) is 0 Å². The van der Waals surface area contributed by atoms with Crippen LogP contribution in [0.3, 0.4) is 0 Å². The van der Waals surface area contributed by atoms with Gasteiger partial charge in [0.1, 0.15) is 0 Å². The summed E-state index contributed by atoms with van der Waals surface area (Å²) in [6.07, 6.45) is 0. The van der Waals surface area contributed by atoms with Crippen molar-refractivity contribution in [2.45, 2.75) is 0 Å². The molecule has 2 amide bonds. The molecule has 2 N–H and O–H groups in total. The number of para-hydroxylation sites is 1.